The largest absolute Gasteiger partial charge is 0.297 e. The predicted molar refractivity (Wildman–Crippen MR) is 110 cm³/mol. The lowest BCUT2D eigenvalue weighted by atomic mass is 9.89. The Morgan fingerprint density at radius 2 is 1.48 bits per heavy atom. The van der Waals surface area contributed by atoms with Crippen LogP contribution < -0.4 is 0 Å². The molecule has 4 heteroatoms. The summed E-state index contributed by atoms with van der Waals surface area (Å²) in [5.74, 6) is 1.67. The van der Waals surface area contributed by atoms with Gasteiger partial charge in [0, 0.05) is 63.1 Å². The normalized spacial score (nSPS) is 20.0. The van der Waals surface area contributed by atoms with Crippen molar-refractivity contribution in [2.45, 2.75) is 58.0 Å². The Hall–Kier alpha value is -1.78. The Morgan fingerprint density at radius 1 is 0.852 bits per heavy atom. The van der Waals surface area contributed by atoms with E-state index in [1.807, 2.05) is 0 Å². The second kappa shape index (κ2) is 8.94. The van der Waals surface area contributed by atoms with Gasteiger partial charge in [-0.25, -0.2) is 9.97 Å². The summed E-state index contributed by atoms with van der Waals surface area (Å²) < 4.78 is 0. The highest BCUT2D eigenvalue weighted by molar-refractivity contribution is 5.22. The zero-order chi connectivity index (χ0) is 18.5. The van der Waals surface area contributed by atoms with E-state index in [1.54, 1.807) is 0 Å². The molecule has 2 aliphatic rings. The zero-order valence-corrected chi connectivity index (χ0v) is 16.6. The lowest BCUT2D eigenvalue weighted by Gasteiger charge is -2.34. The molecule has 1 saturated heterocycles. The van der Waals surface area contributed by atoms with Gasteiger partial charge in [-0.1, -0.05) is 49.1 Å². The highest BCUT2D eigenvalue weighted by Crippen LogP contribution is 2.30. The van der Waals surface area contributed by atoms with Crippen molar-refractivity contribution < 1.29 is 0 Å². The molecule has 2 aromatic rings. The molecule has 0 radical (unpaired) electrons. The van der Waals surface area contributed by atoms with Crippen molar-refractivity contribution in [3.63, 3.8) is 0 Å². The van der Waals surface area contributed by atoms with E-state index in [1.165, 1.54) is 48.8 Å². The second-order valence-corrected chi connectivity index (χ2v) is 8.33. The first-order valence-corrected chi connectivity index (χ1v) is 10.6. The third-order valence-corrected chi connectivity index (χ3v) is 6.06. The summed E-state index contributed by atoms with van der Waals surface area (Å²) in [6.45, 7) is 8.72. The van der Waals surface area contributed by atoms with Gasteiger partial charge >= 0.3 is 0 Å². The fourth-order valence-corrected chi connectivity index (χ4v) is 4.45. The highest BCUT2D eigenvalue weighted by Gasteiger charge is 2.19. The summed E-state index contributed by atoms with van der Waals surface area (Å²) >= 11 is 0. The van der Waals surface area contributed by atoms with Gasteiger partial charge in [-0.15, -0.1) is 0 Å². The molecule has 0 atom stereocenters. The molecule has 1 aliphatic carbocycles. The van der Waals surface area contributed by atoms with E-state index < -0.39 is 0 Å². The van der Waals surface area contributed by atoms with E-state index in [0.29, 0.717) is 5.92 Å². The minimum Gasteiger partial charge on any atom is -0.297 e. The van der Waals surface area contributed by atoms with Crippen molar-refractivity contribution in [3.8, 4) is 0 Å². The fraction of sp³-hybridized carbons (Fsp3) is 0.565. The number of nitrogens with zero attached hydrogens (tertiary/aromatic N) is 4. The van der Waals surface area contributed by atoms with Crippen molar-refractivity contribution >= 4 is 0 Å². The third kappa shape index (κ3) is 5.14. The summed E-state index contributed by atoms with van der Waals surface area (Å²) in [5.41, 5.74) is 4.03. The van der Waals surface area contributed by atoms with Crippen molar-refractivity contribution in [2.75, 3.05) is 26.2 Å². The number of aryl methyl sites for hydroxylation is 1. The van der Waals surface area contributed by atoms with Crippen LogP contribution in [-0.2, 0) is 13.1 Å². The van der Waals surface area contributed by atoms with Gasteiger partial charge in [0.25, 0.3) is 0 Å². The maximum absolute atomic E-state index is 4.70. The van der Waals surface area contributed by atoms with Gasteiger partial charge < -0.3 is 0 Å². The van der Waals surface area contributed by atoms with E-state index >= 15 is 0 Å². The number of hydrogen-bond donors (Lipinski definition) is 0. The number of benzene rings is 1. The molecule has 1 saturated carbocycles. The van der Waals surface area contributed by atoms with E-state index in [2.05, 4.69) is 53.4 Å². The van der Waals surface area contributed by atoms with Crippen LogP contribution in [0.5, 0.6) is 0 Å². The summed E-state index contributed by atoms with van der Waals surface area (Å²) in [7, 11) is 0. The average molecular weight is 365 g/mol. The first kappa shape index (κ1) is 18.6. The lowest BCUT2D eigenvalue weighted by Crippen LogP contribution is -2.45. The summed E-state index contributed by atoms with van der Waals surface area (Å²) in [4.78, 5) is 14.5. The first-order valence-electron chi connectivity index (χ1n) is 10.6. The Labute approximate surface area is 163 Å². The van der Waals surface area contributed by atoms with Crippen LogP contribution >= 0.6 is 0 Å². The molecule has 1 aliphatic heterocycles. The third-order valence-electron chi connectivity index (χ3n) is 6.06. The second-order valence-electron chi connectivity index (χ2n) is 8.33. The molecule has 144 valence electrons. The van der Waals surface area contributed by atoms with Gasteiger partial charge in [0.2, 0.25) is 0 Å². The van der Waals surface area contributed by atoms with Gasteiger partial charge in [-0.2, -0.15) is 0 Å². The van der Waals surface area contributed by atoms with Gasteiger partial charge in [0.1, 0.15) is 5.82 Å². The molecule has 0 bridgehead atoms. The van der Waals surface area contributed by atoms with Crippen LogP contribution in [0, 0.1) is 6.92 Å². The monoisotopic (exact) mass is 364 g/mol. The molecular weight excluding hydrogens is 332 g/mol. The molecule has 1 aromatic carbocycles. The zero-order valence-electron chi connectivity index (χ0n) is 16.6. The Kier molecular flexibility index (Phi) is 6.15. The topological polar surface area (TPSA) is 32.3 Å². The van der Waals surface area contributed by atoms with Crippen LogP contribution in [0.3, 0.4) is 0 Å². The lowest BCUT2D eigenvalue weighted by molar-refractivity contribution is 0.122. The van der Waals surface area contributed by atoms with Crippen LogP contribution in [0.15, 0.2) is 36.7 Å². The number of aromatic nitrogens is 2. The van der Waals surface area contributed by atoms with Crippen molar-refractivity contribution in [3.05, 3.63) is 59.2 Å². The smallest absolute Gasteiger partial charge is 0.131 e. The van der Waals surface area contributed by atoms with Crippen molar-refractivity contribution in [1.29, 1.82) is 0 Å². The maximum Gasteiger partial charge on any atom is 0.131 e. The van der Waals surface area contributed by atoms with Crippen LogP contribution in [0.2, 0.25) is 0 Å². The number of rotatable bonds is 5. The number of piperazine rings is 1. The summed E-state index contributed by atoms with van der Waals surface area (Å²) in [6, 6.07) is 8.88. The SMILES string of the molecule is Cc1cccc(CN2CCN(Cc3cnc(C4CCCCC4)nc3)CC2)c1. The highest BCUT2D eigenvalue weighted by atomic mass is 15.3. The van der Waals surface area contributed by atoms with E-state index in [9.17, 15) is 0 Å². The van der Waals surface area contributed by atoms with Gasteiger partial charge in [0.15, 0.2) is 0 Å². The quantitative estimate of drug-likeness (QED) is 0.798. The van der Waals surface area contributed by atoms with E-state index in [-0.39, 0.29) is 0 Å². The van der Waals surface area contributed by atoms with Crippen molar-refractivity contribution in [2.24, 2.45) is 0 Å². The number of hydrogen-bond acceptors (Lipinski definition) is 4. The molecule has 0 unspecified atom stereocenters. The van der Waals surface area contributed by atoms with Gasteiger partial charge in [0.05, 0.1) is 0 Å². The Bertz CT molecular complexity index is 713. The van der Waals surface area contributed by atoms with Gasteiger partial charge in [-0.3, -0.25) is 9.80 Å². The molecular formula is C23H32N4. The van der Waals surface area contributed by atoms with Crippen LogP contribution in [0.4, 0.5) is 0 Å². The van der Waals surface area contributed by atoms with E-state index in [0.717, 1.165) is 45.1 Å². The fourth-order valence-electron chi connectivity index (χ4n) is 4.45. The average Bonchev–Trinajstić information content (AvgIpc) is 2.71. The minimum atomic E-state index is 0.595. The van der Waals surface area contributed by atoms with Crippen LogP contribution in [0.1, 0.15) is 60.5 Å². The molecule has 0 N–H and O–H groups in total. The molecule has 27 heavy (non-hydrogen) atoms. The molecule has 0 spiro atoms. The molecule has 1 aromatic heterocycles. The van der Waals surface area contributed by atoms with E-state index in [4.69, 9.17) is 9.97 Å². The Morgan fingerprint density at radius 3 is 2.11 bits per heavy atom. The minimum absolute atomic E-state index is 0.595. The molecule has 2 fully saturated rings. The standard InChI is InChI=1S/C23H32N4/c1-19-6-5-7-20(14-19)17-26-10-12-27(13-11-26)18-21-15-24-23(25-16-21)22-8-3-2-4-9-22/h5-7,14-16,22H,2-4,8-13,17-18H2,1H3. The maximum atomic E-state index is 4.70. The van der Waals surface area contributed by atoms with Crippen LogP contribution in [-0.4, -0.2) is 45.9 Å². The summed E-state index contributed by atoms with van der Waals surface area (Å²) in [6.07, 6.45) is 10.7. The summed E-state index contributed by atoms with van der Waals surface area (Å²) in [5, 5.41) is 0. The molecule has 4 rings (SSSR count). The predicted octanol–water partition coefficient (Wildman–Crippen LogP) is 4.15. The molecule has 4 nitrogen and oxygen atoms in total. The molecule has 0 amide bonds. The van der Waals surface area contributed by atoms with Crippen LogP contribution in [0.25, 0.3) is 0 Å². The van der Waals surface area contributed by atoms with Crippen molar-refractivity contribution in [1.82, 2.24) is 19.8 Å². The molecule has 2 heterocycles. The Balaban J connectivity index is 1.25. The first-order chi connectivity index (χ1) is 13.3. The van der Waals surface area contributed by atoms with Gasteiger partial charge in [-0.05, 0) is 25.3 Å².